The molecular weight excluding hydrogens is 260 g/mol. The Bertz CT molecular complexity index is 500. The number of fused-ring (bicyclic) bond motifs is 1. The van der Waals surface area contributed by atoms with E-state index in [1.807, 2.05) is 0 Å². The van der Waals surface area contributed by atoms with Gasteiger partial charge in [0, 0.05) is 6.54 Å². The molecule has 3 atom stereocenters. The molecule has 1 fully saturated rings. The quantitative estimate of drug-likeness (QED) is 0.896. The second-order valence-electron chi connectivity index (χ2n) is 6.62. The lowest BCUT2D eigenvalue weighted by atomic mass is 9.82. The van der Waals surface area contributed by atoms with Crippen LogP contribution in [0.5, 0.6) is 0 Å². The summed E-state index contributed by atoms with van der Waals surface area (Å²) in [5.74, 6) is 1.55. The van der Waals surface area contributed by atoms with Gasteiger partial charge in [-0.25, -0.2) is 0 Å². The number of carbonyl (C=O) groups excluding carboxylic acids is 1. The minimum absolute atomic E-state index is 0.0572. The van der Waals surface area contributed by atoms with Gasteiger partial charge < -0.3 is 10.6 Å². The van der Waals surface area contributed by atoms with Gasteiger partial charge in [-0.15, -0.1) is 0 Å². The summed E-state index contributed by atoms with van der Waals surface area (Å²) in [7, 11) is 0. The van der Waals surface area contributed by atoms with Gasteiger partial charge in [0.15, 0.2) is 0 Å². The first-order chi connectivity index (χ1) is 10.3. The van der Waals surface area contributed by atoms with Crippen molar-refractivity contribution < 1.29 is 4.79 Å². The molecule has 3 heteroatoms. The molecule has 21 heavy (non-hydrogen) atoms. The molecule has 0 spiro atoms. The van der Waals surface area contributed by atoms with E-state index in [0.29, 0.717) is 11.8 Å². The van der Waals surface area contributed by atoms with Crippen molar-refractivity contribution in [2.45, 2.75) is 38.5 Å². The number of hydrogen-bond donors (Lipinski definition) is 2. The molecule has 3 nitrogen and oxygen atoms in total. The van der Waals surface area contributed by atoms with Gasteiger partial charge in [-0.05, 0) is 61.7 Å². The predicted octanol–water partition coefficient (Wildman–Crippen LogP) is 2.47. The van der Waals surface area contributed by atoms with Crippen molar-refractivity contribution in [3.8, 4) is 0 Å². The van der Waals surface area contributed by atoms with E-state index in [-0.39, 0.29) is 11.8 Å². The molecule has 2 aliphatic rings. The molecular formula is C18H26N2O. The largest absolute Gasteiger partial charge is 0.355 e. The molecule has 0 bridgehead atoms. The molecule has 1 amide bonds. The Hall–Kier alpha value is -1.35. The fourth-order valence-corrected chi connectivity index (χ4v) is 3.71. The summed E-state index contributed by atoms with van der Waals surface area (Å²) in [6, 6.07) is 8.43. The minimum Gasteiger partial charge on any atom is -0.355 e. The van der Waals surface area contributed by atoms with Crippen molar-refractivity contribution in [2.24, 2.45) is 11.8 Å². The van der Waals surface area contributed by atoms with Crippen molar-refractivity contribution in [1.29, 1.82) is 0 Å². The van der Waals surface area contributed by atoms with Gasteiger partial charge >= 0.3 is 0 Å². The Labute approximate surface area is 127 Å². The highest BCUT2D eigenvalue weighted by Gasteiger charge is 2.27. The van der Waals surface area contributed by atoms with E-state index >= 15 is 0 Å². The summed E-state index contributed by atoms with van der Waals surface area (Å²) >= 11 is 0. The van der Waals surface area contributed by atoms with Crippen LogP contribution in [0.4, 0.5) is 0 Å². The highest BCUT2D eigenvalue weighted by atomic mass is 16.1. The summed E-state index contributed by atoms with van der Waals surface area (Å²) in [5, 5.41) is 6.65. The molecule has 1 aromatic carbocycles. The number of benzene rings is 1. The van der Waals surface area contributed by atoms with Crippen LogP contribution in [0.15, 0.2) is 24.3 Å². The van der Waals surface area contributed by atoms with Crippen LogP contribution < -0.4 is 10.6 Å². The fourth-order valence-electron chi connectivity index (χ4n) is 3.71. The normalized spacial score (nSPS) is 28.7. The van der Waals surface area contributed by atoms with Crippen LogP contribution in [0.25, 0.3) is 0 Å². The number of amides is 1. The lowest BCUT2D eigenvalue weighted by Crippen LogP contribution is -2.43. The maximum absolute atomic E-state index is 12.6. The third kappa shape index (κ3) is 3.29. The van der Waals surface area contributed by atoms with Gasteiger partial charge in [0.05, 0.1) is 5.92 Å². The SMILES string of the molecule is CC1CCNCC1CNC(=O)C1CCCc2ccccc21. The monoisotopic (exact) mass is 286 g/mol. The number of aryl methyl sites for hydroxylation is 1. The van der Waals surface area contributed by atoms with Crippen LogP contribution in [0.3, 0.4) is 0 Å². The number of piperidine rings is 1. The third-order valence-electron chi connectivity index (χ3n) is 5.21. The Balaban J connectivity index is 1.61. The summed E-state index contributed by atoms with van der Waals surface area (Å²) in [4.78, 5) is 12.6. The van der Waals surface area contributed by atoms with Crippen LogP contribution >= 0.6 is 0 Å². The first-order valence-electron chi connectivity index (χ1n) is 8.32. The van der Waals surface area contributed by atoms with Crippen molar-refractivity contribution in [1.82, 2.24) is 10.6 Å². The first-order valence-corrected chi connectivity index (χ1v) is 8.32. The van der Waals surface area contributed by atoms with Gasteiger partial charge in [0.2, 0.25) is 5.91 Å². The molecule has 3 unspecified atom stereocenters. The second-order valence-corrected chi connectivity index (χ2v) is 6.62. The van der Waals surface area contributed by atoms with E-state index in [2.05, 4.69) is 41.8 Å². The molecule has 1 aliphatic heterocycles. The summed E-state index contributed by atoms with van der Waals surface area (Å²) in [6.07, 6.45) is 4.44. The van der Waals surface area contributed by atoms with Crippen LogP contribution in [-0.2, 0) is 11.2 Å². The van der Waals surface area contributed by atoms with Gasteiger partial charge in [-0.2, -0.15) is 0 Å². The first kappa shape index (κ1) is 14.6. The molecule has 3 rings (SSSR count). The Kier molecular flexibility index (Phi) is 4.59. The van der Waals surface area contributed by atoms with Crippen LogP contribution in [0, 0.1) is 11.8 Å². The average molecular weight is 286 g/mol. The molecule has 2 N–H and O–H groups in total. The topological polar surface area (TPSA) is 41.1 Å². The van der Waals surface area contributed by atoms with Crippen LogP contribution in [0.1, 0.15) is 43.2 Å². The second kappa shape index (κ2) is 6.61. The van der Waals surface area contributed by atoms with E-state index in [1.54, 1.807) is 0 Å². The van der Waals surface area contributed by atoms with E-state index in [4.69, 9.17) is 0 Å². The molecule has 0 radical (unpaired) electrons. The lowest BCUT2D eigenvalue weighted by molar-refractivity contribution is -0.123. The Morgan fingerprint density at radius 3 is 3.05 bits per heavy atom. The third-order valence-corrected chi connectivity index (χ3v) is 5.21. The zero-order chi connectivity index (χ0) is 14.7. The molecule has 1 aliphatic carbocycles. The zero-order valence-electron chi connectivity index (χ0n) is 12.9. The van der Waals surface area contributed by atoms with Crippen molar-refractivity contribution >= 4 is 5.91 Å². The van der Waals surface area contributed by atoms with Crippen molar-refractivity contribution in [3.63, 3.8) is 0 Å². The Morgan fingerprint density at radius 2 is 2.19 bits per heavy atom. The summed E-state index contributed by atoms with van der Waals surface area (Å²) in [6.45, 7) is 5.25. The number of nitrogens with one attached hydrogen (secondary N) is 2. The van der Waals surface area contributed by atoms with E-state index in [1.165, 1.54) is 17.5 Å². The number of rotatable bonds is 3. The summed E-state index contributed by atoms with van der Waals surface area (Å²) in [5.41, 5.74) is 2.60. The fraction of sp³-hybridized carbons (Fsp3) is 0.611. The van der Waals surface area contributed by atoms with Crippen molar-refractivity contribution in [2.75, 3.05) is 19.6 Å². The molecule has 0 aromatic heterocycles. The minimum atomic E-state index is 0.0572. The van der Waals surface area contributed by atoms with E-state index in [0.717, 1.165) is 38.9 Å². The van der Waals surface area contributed by atoms with Crippen LogP contribution in [-0.4, -0.2) is 25.5 Å². The number of carbonyl (C=O) groups is 1. The zero-order valence-corrected chi connectivity index (χ0v) is 12.9. The molecule has 1 heterocycles. The predicted molar refractivity (Wildman–Crippen MR) is 85.3 cm³/mol. The van der Waals surface area contributed by atoms with Gasteiger partial charge in [-0.3, -0.25) is 4.79 Å². The summed E-state index contributed by atoms with van der Waals surface area (Å²) < 4.78 is 0. The van der Waals surface area contributed by atoms with Gasteiger partial charge in [-0.1, -0.05) is 31.2 Å². The number of hydrogen-bond acceptors (Lipinski definition) is 2. The standard InChI is InChI=1S/C18H26N2O/c1-13-9-10-19-11-15(13)12-20-18(21)17-8-4-6-14-5-2-3-7-16(14)17/h2-3,5,7,13,15,17,19H,4,6,8-12H2,1H3,(H,20,21). The molecule has 1 aromatic rings. The average Bonchev–Trinajstić information content (AvgIpc) is 2.53. The maximum Gasteiger partial charge on any atom is 0.227 e. The Morgan fingerprint density at radius 1 is 1.33 bits per heavy atom. The lowest BCUT2D eigenvalue weighted by Gasteiger charge is -2.31. The van der Waals surface area contributed by atoms with Gasteiger partial charge in [0.25, 0.3) is 0 Å². The molecule has 114 valence electrons. The maximum atomic E-state index is 12.6. The van der Waals surface area contributed by atoms with Gasteiger partial charge in [0.1, 0.15) is 0 Å². The highest BCUT2D eigenvalue weighted by molar-refractivity contribution is 5.84. The van der Waals surface area contributed by atoms with Crippen molar-refractivity contribution in [3.05, 3.63) is 35.4 Å². The van der Waals surface area contributed by atoms with E-state index in [9.17, 15) is 4.79 Å². The highest BCUT2D eigenvalue weighted by Crippen LogP contribution is 2.31. The smallest absolute Gasteiger partial charge is 0.227 e. The molecule has 0 saturated carbocycles. The van der Waals surface area contributed by atoms with Crippen LogP contribution in [0.2, 0.25) is 0 Å². The van der Waals surface area contributed by atoms with E-state index < -0.39 is 0 Å². The molecule has 1 saturated heterocycles.